The van der Waals surface area contributed by atoms with Gasteiger partial charge in [0.25, 0.3) is 0 Å². The molecule has 4 nitrogen and oxygen atoms in total. The Labute approximate surface area is 68.6 Å². The number of phenols is 1. The maximum atomic E-state index is 9.22. The van der Waals surface area contributed by atoms with Crippen LogP contribution in [0.5, 0.6) is 5.75 Å². The molecule has 2 rings (SSSR count). The fourth-order valence-electron chi connectivity index (χ4n) is 1.09. The van der Waals surface area contributed by atoms with E-state index >= 15 is 0 Å². The van der Waals surface area contributed by atoms with Gasteiger partial charge in [-0.1, -0.05) is 0 Å². The van der Waals surface area contributed by atoms with Crippen molar-refractivity contribution in [3.8, 4) is 5.75 Å². The van der Waals surface area contributed by atoms with Crippen LogP contribution in [0.1, 0.15) is 5.89 Å². The number of aromatic nitrogens is 1. The molecule has 12 heavy (non-hydrogen) atoms. The first kappa shape index (κ1) is 6.97. The van der Waals surface area contributed by atoms with E-state index in [-0.39, 0.29) is 5.75 Å². The Kier molecular flexibility index (Phi) is 1.24. The number of nitrogens with two attached hydrogens (primary N) is 1. The molecule has 1 aromatic heterocycles. The van der Waals surface area contributed by atoms with Gasteiger partial charge < -0.3 is 15.3 Å². The summed E-state index contributed by atoms with van der Waals surface area (Å²) in [6.45, 7) is 1.74. The first-order valence-electron chi connectivity index (χ1n) is 3.52. The van der Waals surface area contributed by atoms with E-state index in [4.69, 9.17) is 10.2 Å². The number of oxazole rings is 1. The van der Waals surface area contributed by atoms with Crippen LogP contribution in [0.3, 0.4) is 0 Å². The van der Waals surface area contributed by atoms with E-state index in [1.807, 2.05) is 0 Å². The quantitative estimate of drug-likeness (QED) is 0.456. The van der Waals surface area contributed by atoms with Gasteiger partial charge in [0.15, 0.2) is 11.5 Å². The van der Waals surface area contributed by atoms with E-state index in [9.17, 15) is 5.11 Å². The van der Waals surface area contributed by atoms with Gasteiger partial charge in [0.1, 0.15) is 11.3 Å². The summed E-state index contributed by atoms with van der Waals surface area (Å²) in [7, 11) is 0. The standard InChI is InChI=1S/C8H8N2O2/c1-4-10-6-3-7(11)5(9)2-8(6)12-4/h2-3,11H,9H2,1H3. The summed E-state index contributed by atoms with van der Waals surface area (Å²) in [5.74, 6) is 0.603. The van der Waals surface area contributed by atoms with E-state index < -0.39 is 0 Å². The lowest BCUT2D eigenvalue weighted by Crippen LogP contribution is -1.84. The van der Waals surface area contributed by atoms with E-state index in [0.717, 1.165) is 0 Å². The molecular weight excluding hydrogens is 156 g/mol. The number of phenolic OH excluding ortho intramolecular Hbond substituents is 1. The molecule has 0 radical (unpaired) electrons. The topological polar surface area (TPSA) is 72.3 Å². The van der Waals surface area contributed by atoms with E-state index in [1.54, 1.807) is 13.0 Å². The molecule has 62 valence electrons. The van der Waals surface area contributed by atoms with E-state index in [2.05, 4.69) is 4.98 Å². The first-order valence-corrected chi connectivity index (χ1v) is 3.52. The SMILES string of the molecule is Cc1nc2cc(O)c(N)cc2o1. The lowest BCUT2D eigenvalue weighted by Gasteiger charge is -1.95. The number of aryl methyl sites for hydroxylation is 1. The molecule has 0 atom stereocenters. The Balaban J connectivity index is 2.83. The van der Waals surface area contributed by atoms with Crippen LogP contribution in [0, 0.1) is 6.92 Å². The van der Waals surface area contributed by atoms with Crippen molar-refractivity contribution >= 4 is 16.8 Å². The highest BCUT2D eigenvalue weighted by atomic mass is 16.3. The van der Waals surface area contributed by atoms with Crippen LogP contribution in [0.25, 0.3) is 11.1 Å². The highest BCUT2D eigenvalue weighted by Gasteiger charge is 2.05. The highest BCUT2D eigenvalue weighted by molar-refractivity contribution is 5.80. The van der Waals surface area contributed by atoms with Gasteiger partial charge in [-0.25, -0.2) is 4.98 Å². The third-order valence-electron chi connectivity index (χ3n) is 1.64. The van der Waals surface area contributed by atoms with Gasteiger partial charge >= 0.3 is 0 Å². The van der Waals surface area contributed by atoms with Gasteiger partial charge in [0, 0.05) is 19.1 Å². The molecule has 0 aliphatic carbocycles. The van der Waals surface area contributed by atoms with Crippen LogP contribution < -0.4 is 5.73 Å². The molecule has 0 saturated carbocycles. The highest BCUT2D eigenvalue weighted by Crippen LogP contribution is 2.26. The Morgan fingerprint density at radius 3 is 3.00 bits per heavy atom. The average molecular weight is 164 g/mol. The van der Waals surface area contributed by atoms with Crippen molar-refractivity contribution in [2.75, 3.05) is 5.73 Å². The van der Waals surface area contributed by atoms with Gasteiger partial charge in [-0.15, -0.1) is 0 Å². The molecule has 4 heteroatoms. The Morgan fingerprint density at radius 1 is 1.50 bits per heavy atom. The Hall–Kier alpha value is -1.71. The zero-order valence-corrected chi connectivity index (χ0v) is 6.53. The third kappa shape index (κ3) is 0.887. The monoisotopic (exact) mass is 164 g/mol. The number of hydrogen-bond acceptors (Lipinski definition) is 4. The molecule has 0 bridgehead atoms. The maximum absolute atomic E-state index is 9.22. The molecule has 3 N–H and O–H groups in total. The molecule has 0 aliphatic rings. The summed E-state index contributed by atoms with van der Waals surface area (Å²) in [6.07, 6.45) is 0. The maximum Gasteiger partial charge on any atom is 0.192 e. The molecule has 0 spiro atoms. The van der Waals surface area contributed by atoms with Gasteiger partial charge in [0.05, 0.1) is 5.69 Å². The van der Waals surface area contributed by atoms with Crippen molar-refractivity contribution in [2.24, 2.45) is 0 Å². The zero-order valence-electron chi connectivity index (χ0n) is 6.53. The van der Waals surface area contributed by atoms with Crippen molar-refractivity contribution in [2.45, 2.75) is 6.92 Å². The Bertz CT molecular complexity index is 395. The lowest BCUT2D eigenvalue weighted by atomic mass is 10.3. The number of nitrogen functional groups attached to an aromatic ring is 1. The fraction of sp³-hybridized carbons (Fsp3) is 0.125. The van der Waals surface area contributed by atoms with Crippen LogP contribution in [0.2, 0.25) is 0 Å². The predicted octanol–water partition coefficient (Wildman–Crippen LogP) is 1.42. The van der Waals surface area contributed by atoms with Crippen molar-refractivity contribution in [1.29, 1.82) is 0 Å². The third-order valence-corrected chi connectivity index (χ3v) is 1.64. The zero-order chi connectivity index (χ0) is 8.72. The number of anilines is 1. The Morgan fingerprint density at radius 2 is 2.25 bits per heavy atom. The van der Waals surface area contributed by atoms with Crippen molar-refractivity contribution in [3.63, 3.8) is 0 Å². The van der Waals surface area contributed by atoms with Crippen LogP contribution in [-0.2, 0) is 0 Å². The molecule has 0 amide bonds. The summed E-state index contributed by atoms with van der Waals surface area (Å²) >= 11 is 0. The smallest absolute Gasteiger partial charge is 0.192 e. The molecule has 1 aromatic carbocycles. The van der Waals surface area contributed by atoms with E-state index in [1.165, 1.54) is 6.07 Å². The summed E-state index contributed by atoms with van der Waals surface area (Å²) < 4.78 is 5.20. The molecule has 1 heterocycles. The van der Waals surface area contributed by atoms with Gasteiger partial charge in [-0.3, -0.25) is 0 Å². The molecule has 0 aliphatic heterocycles. The summed E-state index contributed by atoms with van der Waals surface area (Å²) in [5.41, 5.74) is 6.99. The molecule has 0 unspecified atom stereocenters. The minimum atomic E-state index is 0.0378. The van der Waals surface area contributed by atoms with Crippen LogP contribution >= 0.6 is 0 Å². The van der Waals surface area contributed by atoms with Gasteiger partial charge in [-0.05, 0) is 0 Å². The molecular formula is C8H8N2O2. The number of nitrogens with zero attached hydrogens (tertiary/aromatic N) is 1. The number of aromatic hydroxyl groups is 1. The second kappa shape index (κ2) is 2.14. The lowest BCUT2D eigenvalue weighted by molar-refractivity contribution is 0.478. The van der Waals surface area contributed by atoms with Crippen molar-refractivity contribution in [3.05, 3.63) is 18.0 Å². The minimum absolute atomic E-state index is 0.0378. The number of fused-ring (bicyclic) bond motifs is 1. The average Bonchev–Trinajstić information content (AvgIpc) is 2.30. The number of rotatable bonds is 0. The second-order valence-electron chi connectivity index (χ2n) is 2.61. The van der Waals surface area contributed by atoms with Gasteiger partial charge in [-0.2, -0.15) is 0 Å². The predicted molar refractivity (Wildman–Crippen MR) is 44.8 cm³/mol. The van der Waals surface area contributed by atoms with E-state index in [0.29, 0.717) is 22.7 Å². The van der Waals surface area contributed by atoms with Crippen LogP contribution in [0.15, 0.2) is 16.5 Å². The largest absolute Gasteiger partial charge is 0.506 e. The second-order valence-corrected chi connectivity index (χ2v) is 2.61. The normalized spacial score (nSPS) is 10.8. The minimum Gasteiger partial charge on any atom is -0.506 e. The number of benzene rings is 1. The van der Waals surface area contributed by atoms with Crippen LogP contribution in [-0.4, -0.2) is 10.1 Å². The molecule has 0 fully saturated rings. The summed E-state index contributed by atoms with van der Waals surface area (Å²) in [6, 6.07) is 3.05. The van der Waals surface area contributed by atoms with Gasteiger partial charge in [0.2, 0.25) is 0 Å². The summed E-state index contributed by atoms with van der Waals surface area (Å²) in [4.78, 5) is 4.03. The van der Waals surface area contributed by atoms with Crippen LogP contribution in [0.4, 0.5) is 5.69 Å². The first-order chi connectivity index (χ1) is 5.66. The molecule has 2 aromatic rings. The van der Waals surface area contributed by atoms with Crippen molar-refractivity contribution < 1.29 is 9.52 Å². The van der Waals surface area contributed by atoms with Crippen molar-refractivity contribution in [1.82, 2.24) is 4.98 Å². The summed E-state index contributed by atoms with van der Waals surface area (Å²) in [5, 5.41) is 9.22. The molecule has 0 saturated heterocycles. The number of hydrogen-bond donors (Lipinski definition) is 2. The fourth-order valence-corrected chi connectivity index (χ4v) is 1.09.